The fraction of sp³-hybridized carbons (Fsp3) is 0.138. The molecule has 0 aromatic heterocycles. The zero-order chi connectivity index (χ0) is 20.3. The van der Waals surface area contributed by atoms with E-state index in [9.17, 15) is 4.79 Å². The SMILES string of the molecule is O=C1CCN(c2cc3ccc4ccc5ccc6ccc7ccc2c2c7c6c5c4c32)CC1. The Kier molecular flexibility index (Phi) is 2.77. The summed E-state index contributed by atoms with van der Waals surface area (Å²) in [7, 11) is 0. The van der Waals surface area contributed by atoms with Crippen LogP contribution in [0.4, 0.5) is 5.69 Å². The van der Waals surface area contributed by atoms with Gasteiger partial charge in [-0.05, 0) is 59.9 Å². The van der Waals surface area contributed by atoms with Gasteiger partial charge in [0.05, 0.1) is 0 Å². The summed E-state index contributed by atoms with van der Waals surface area (Å²) in [4.78, 5) is 14.3. The zero-order valence-electron chi connectivity index (χ0n) is 17.0. The maximum Gasteiger partial charge on any atom is 0.136 e. The molecule has 1 heterocycles. The molecule has 0 bridgehead atoms. The average Bonchev–Trinajstić information content (AvgIpc) is 2.82. The van der Waals surface area contributed by atoms with Crippen LogP contribution in [0.1, 0.15) is 12.8 Å². The van der Waals surface area contributed by atoms with E-state index in [1.165, 1.54) is 70.3 Å². The number of anilines is 1. The molecule has 0 N–H and O–H groups in total. The summed E-state index contributed by atoms with van der Waals surface area (Å²) in [5, 5.41) is 16.3. The first-order chi connectivity index (χ1) is 15.3. The van der Waals surface area contributed by atoms with Gasteiger partial charge in [-0.3, -0.25) is 4.79 Å². The first-order valence-electron chi connectivity index (χ1n) is 11.1. The molecule has 1 fully saturated rings. The Balaban J connectivity index is 1.67. The molecule has 7 aromatic carbocycles. The number of rotatable bonds is 1. The van der Waals surface area contributed by atoms with Crippen molar-refractivity contribution in [1.29, 1.82) is 0 Å². The van der Waals surface area contributed by atoms with Crippen LogP contribution in [-0.2, 0) is 4.79 Å². The van der Waals surface area contributed by atoms with E-state index in [-0.39, 0.29) is 0 Å². The molecule has 0 atom stereocenters. The summed E-state index contributed by atoms with van der Waals surface area (Å²) >= 11 is 0. The highest BCUT2D eigenvalue weighted by molar-refractivity contribution is 6.45. The monoisotopic (exact) mass is 397 g/mol. The van der Waals surface area contributed by atoms with Crippen molar-refractivity contribution in [2.45, 2.75) is 12.8 Å². The van der Waals surface area contributed by atoms with Gasteiger partial charge in [-0.15, -0.1) is 0 Å². The van der Waals surface area contributed by atoms with Crippen molar-refractivity contribution in [3.8, 4) is 0 Å². The van der Waals surface area contributed by atoms with Gasteiger partial charge in [0.15, 0.2) is 0 Å². The van der Waals surface area contributed by atoms with Crippen LogP contribution in [0.15, 0.2) is 66.7 Å². The molecule has 146 valence electrons. The molecule has 0 saturated carbocycles. The number of piperidine rings is 1. The molecule has 2 nitrogen and oxygen atoms in total. The van der Waals surface area contributed by atoms with Crippen molar-refractivity contribution < 1.29 is 4.79 Å². The molecular formula is C29H19NO. The lowest BCUT2D eigenvalue weighted by molar-refractivity contribution is -0.119. The molecule has 0 amide bonds. The molecular weight excluding hydrogens is 378 g/mol. The first kappa shape index (κ1) is 16.1. The highest BCUT2D eigenvalue weighted by Gasteiger charge is 2.24. The summed E-state index contributed by atoms with van der Waals surface area (Å²) in [5.74, 6) is 0.386. The zero-order valence-corrected chi connectivity index (χ0v) is 17.0. The van der Waals surface area contributed by atoms with Gasteiger partial charge in [0.2, 0.25) is 0 Å². The Hall–Kier alpha value is -3.65. The summed E-state index contributed by atoms with van der Waals surface area (Å²) in [5.41, 5.74) is 1.28. The van der Waals surface area contributed by atoms with Gasteiger partial charge in [0.25, 0.3) is 0 Å². The lowest BCUT2D eigenvalue weighted by Crippen LogP contribution is -2.33. The third kappa shape index (κ3) is 1.87. The van der Waals surface area contributed by atoms with Crippen molar-refractivity contribution in [3.05, 3.63) is 66.7 Å². The highest BCUT2D eigenvalue weighted by atomic mass is 16.1. The summed E-state index contributed by atoms with van der Waals surface area (Å²) in [6, 6.07) is 25.1. The van der Waals surface area contributed by atoms with Crippen LogP contribution >= 0.6 is 0 Å². The van der Waals surface area contributed by atoms with Crippen LogP contribution in [0.5, 0.6) is 0 Å². The van der Waals surface area contributed by atoms with Crippen molar-refractivity contribution in [2.24, 2.45) is 0 Å². The summed E-state index contributed by atoms with van der Waals surface area (Å²) < 4.78 is 0. The van der Waals surface area contributed by atoms with Crippen LogP contribution < -0.4 is 4.90 Å². The van der Waals surface area contributed by atoms with E-state index in [2.05, 4.69) is 71.6 Å². The predicted octanol–water partition coefficient (Wildman–Crippen LogP) is 7.09. The fourth-order valence-electron chi connectivity index (χ4n) is 6.23. The largest absolute Gasteiger partial charge is 0.370 e. The molecule has 8 rings (SSSR count). The molecule has 1 saturated heterocycles. The number of carbonyl (C=O) groups is 1. The second-order valence-corrected chi connectivity index (χ2v) is 9.16. The molecule has 31 heavy (non-hydrogen) atoms. The topological polar surface area (TPSA) is 20.3 Å². The summed E-state index contributed by atoms with van der Waals surface area (Å²) in [6.07, 6.45) is 1.30. The number of hydrogen-bond acceptors (Lipinski definition) is 2. The Bertz CT molecular complexity index is 1740. The van der Waals surface area contributed by atoms with E-state index >= 15 is 0 Å². The molecule has 1 aliphatic rings. The van der Waals surface area contributed by atoms with Gasteiger partial charge in [-0.2, -0.15) is 0 Å². The number of Topliss-reactive ketones (excluding diaryl/α,β-unsaturated/α-hetero) is 1. The van der Waals surface area contributed by atoms with Gasteiger partial charge >= 0.3 is 0 Å². The minimum atomic E-state index is 0.386. The minimum Gasteiger partial charge on any atom is -0.370 e. The van der Waals surface area contributed by atoms with Crippen LogP contribution in [-0.4, -0.2) is 18.9 Å². The van der Waals surface area contributed by atoms with Gasteiger partial charge in [-0.1, -0.05) is 60.7 Å². The first-order valence-corrected chi connectivity index (χ1v) is 11.1. The van der Waals surface area contributed by atoms with Gasteiger partial charge in [0.1, 0.15) is 5.78 Å². The Labute approximate surface area is 178 Å². The molecule has 0 aliphatic carbocycles. The van der Waals surface area contributed by atoms with E-state index in [1.54, 1.807) is 0 Å². The standard InChI is InChI=1S/C29H19NO/c31-21-11-13-30(14-12-21)23-15-20-8-7-18-4-2-16-1-3-17-5-6-19-9-10-22(23)29-27(19)25(17)24(16)26(18)28(20)29/h1-10,15H,11-14H2. The van der Waals surface area contributed by atoms with Crippen LogP contribution in [0, 0.1) is 0 Å². The van der Waals surface area contributed by atoms with Crippen molar-refractivity contribution in [1.82, 2.24) is 0 Å². The predicted molar refractivity (Wildman–Crippen MR) is 131 cm³/mol. The van der Waals surface area contributed by atoms with E-state index in [4.69, 9.17) is 0 Å². The maximum atomic E-state index is 11.9. The van der Waals surface area contributed by atoms with Crippen molar-refractivity contribution in [3.63, 3.8) is 0 Å². The Morgan fingerprint density at radius 3 is 1.48 bits per heavy atom. The van der Waals surface area contributed by atoms with Gasteiger partial charge < -0.3 is 4.90 Å². The Morgan fingerprint density at radius 2 is 0.935 bits per heavy atom. The molecule has 1 aliphatic heterocycles. The quantitative estimate of drug-likeness (QED) is 0.218. The molecule has 7 aromatic rings. The van der Waals surface area contributed by atoms with Crippen LogP contribution in [0.25, 0.3) is 64.6 Å². The lowest BCUT2D eigenvalue weighted by Gasteiger charge is -2.31. The van der Waals surface area contributed by atoms with Crippen molar-refractivity contribution in [2.75, 3.05) is 18.0 Å². The number of carbonyl (C=O) groups excluding carboxylic acids is 1. The van der Waals surface area contributed by atoms with E-state index in [0.717, 1.165) is 13.1 Å². The highest BCUT2D eigenvalue weighted by Crippen LogP contribution is 2.50. The third-order valence-electron chi connectivity index (χ3n) is 7.64. The number of ketones is 1. The second kappa shape index (κ2) is 5.33. The van der Waals surface area contributed by atoms with Crippen LogP contribution in [0.3, 0.4) is 0 Å². The van der Waals surface area contributed by atoms with E-state index in [1.807, 2.05) is 0 Å². The smallest absolute Gasteiger partial charge is 0.136 e. The molecule has 0 unspecified atom stereocenters. The minimum absolute atomic E-state index is 0.386. The maximum absolute atomic E-state index is 11.9. The Morgan fingerprint density at radius 1 is 0.516 bits per heavy atom. The van der Waals surface area contributed by atoms with Crippen LogP contribution in [0.2, 0.25) is 0 Å². The third-order valence-corrected chi connectivity index (χ3v) is 7.64. The van der Waals surface area contributed by atoms with Gasteiger partial charge in [-0.25, -0.2) is 0 Å². The lowest BCUT2D eigenvalue weighted by atomic mass is 9.82. The number of hydrogen-bond donors (Lipinski definition) is 0. The molecule has 0 spiro atoms. The molecule has 2 heteroatoms. The van der Waals surface area contributed by atoms with Gasteiger partial charge in [0, 0.05) is 42.4 Å². The van der Waals surface area contributed by atoms with Crippen molar-refractivity contribution >= 4 is 76.1 Å². The van der Waals surface area contributed by atoms with E-state index in [0.29, 0.717) is 18.6 Å². The normalized spacial score (nSPS) is 15.9. The molecule has 0 radical (unpaired) electrons. The number of nitrogens with zero attached hydrogens (tertiary/aromatic N) is 1. The van der Waals surface area contributed by atoms with E-state index < -0.39 is 0 Å². The summed E-state index contributed by atoms with van der Waals surface area (Å²) in [6.45, 7) is 1.63. The average molecular weight is 397 g/mol. The fourth-order valence-corrected chi connectivity index (χ4v) is 6.23. The number of benzene rings is 7. The second-order valence-electron chi connectivity index (χ2n) is 9.16.